The molecular weight excluding hydrogens is 526 g/mol. The Hall–Kier alpha value is -2.14. The number of hydrogen-bond donors (Lipinski definition) is 1. The highest BCUT2D eigenvalue weighted by atomic mass is 35.5. The van der Waals surface area contributed by atoms with Crippen molar-refractivity contribution < 1.29 is 19.1 Å². The maximum atomic E-state index is 12.6. The van der Waals surface area contributed by atoms with Crippen LogP contribution in [0.2, 0.25) is 5.02 Å². The molecule has 0 bridgehead atoms. The number of thiazole rings is 1. The van der Waals surface area contributed by atoms with E-state index in [-0.39, 0.29) is 29.9 Å². The number of carbonyl (C=O) groups excluding carboxylic acids is 3. The highest BCUT2D eigenvalue weighted by Gasteiger charge is 2.29. The monoisotopic (exact) mass is 551 g/mol. The van der Waals surface area contributed by atoms with Crippen molar-refractivity contribution in [3.05, 3.63) is 44.0 Å². The molecule has 2 heterocycles. The Balaban J connectivity index is 1.39. The third kappa shape index (κ3) is 5.99. The van der Waals surface area contributed by atoms with Gasteiger partial charge in [0.25, 0.3) is 5.91 Å². The Morgan fingerprint density at radius 3 is 2.86 bits per heavy atom. The van der Waals surface area contributed by atoms with Gasteiger partial charge in [-0.2, -0.15) is 4.99 Å². The molecule has 1 aromatic carbocycles. The van der Waals surface area contributed by atoms with E-state index in [1.807, 2.05) is 23.7 Å². The van der Waals surface area contributed by atoms with Gasteiger partial charge in [-0.15, -0.1) is 23.1 Å². The van der Waals surface area contributed by atoms with Gasteiger partial charge in [0.05, 0.1) is 33.9 Å². The standard InChI is InChI=1S/C24H26ClN3O4S3/c1-4-32-23(31)21-15-7-5-13(2)9-17(15)34-22(21)26-19(29)11-33-12-20(30)27-24-28(3)16-8-6-14(25)10-18(16)35-24/h6,8,10,13H,4-5,7,9,11-12H2,1-3H3,(H,26,29). The van der Waals surface area contributed by atoms with Crippen molar-refractivity contribution in [3.8, 4) is 0 Å². The average Bonchev–Trinajstić information content (AvgIpc) is 3.29. The van der Waals surface area contributed by atoms with E-state index < -0.39 is 5.97 Å². The van der Waals surface area contributed by atoms with Crippen LogP contribution in [-0.4, -0.2) is 40.5 Å². The van der Waals surface area contributed by atoms with E-state index in [2.05, 4.69) is 17.2 Å². The van der Waals surface area contributed by atoms with Crippen LogP contribution in [0.5, 0.6) is 0 Å². The summed E-state index contributed by atoms with van der Waals surface area (Å²) in [6.07, 6.45) is 2.72. The summed E-state index contributed by atoms with van der Waals surface area (Å²) in [5.74, 6) is -0.271. The summed E-state index contributed by atoms with van der Waals surface area (Å²) in [5, 5.41) is 4.05. The topological polar surface area (TPSA) is 89.8 Å². The van der Waals surface area contributed by atoms with E-state index >= 15 is 0 Å². The van der Waals surface area contributed by atoms with E-state index in [9.17, 15) is 14.4 Å². The maximum absolute atomic E-state index is 12.6. The van der Waals surface area contributed by atoms with Gasteiger partial charge in [0, 0.05) is 16.9 Å². The summed E-state index contributed by atoms with van der Waals surface area (Å²) in [7, 11) is 1.85. The van der Waals surface area contributed by atoms with Crippen LogP contribution in [0.4, 0.5) is 5.00 Å². The molecule has 0 saturated carbocycles. The SMILES string of the molecule is CCOC(=O)c1c(NC(=O)CSCC(=O)N=c2sc3cc(Cl)ccc3n2C)sc2c1CCC(C)C2. The van der Waals surface area contributed by atoms with Crippen LogP contribution in [0.25, 0.3) is 10.2 Å². The zero-order valence-electron chi connectivity index (χ0n) is 19.7. The molecule has 186 valence electrons. The Morgan fingerprint density at radius 2 is 2.09 bits per heavy atom. The van der Waals surface area contributed by atoms with Gasteiger partial charge < -0.3 is 14.6 Å². The first-order valence-corrected chi connectivity index (χ1v) is 14.4. The molecule has 1 N–H and O–H groups in total. The highest BCUT2D eigenvalue weighted by molar-refractivity contribution is 8.00. The number of thiophene rings is 1. The number of thioether (sulfide) groups is 1. The van der Waals surface area contributed by atoms with Crippen molar-refractivity contribution in [2.24, 2.45) is 18.0 Å². The maximum Gasteiger partial charge on any atom is 0.341 e. The van der Waals surface area contributed by atoms with Crippen LogP contribution in [0.15, 0.2) is 23.2 Å². The van der Waals surface area contributed by atoms with Gasteiger partial charge in [0.2, 0.25) is 5.91 Å². The molecule has 2 aromatic heterocycles. The Kier molecular flexibility index (Phi) is 8.36. The second-order valence-corrected chi connectivity index (χ2v) is 11.9. The van der Waals surface area contributed by atoms with Gasteiger partial charge in [0.15, 0.2) is 4.80 Å². The quantitative estimate of drug-likeness (QED) is 0.415. The minimum atomic E-state index is -0.394. The van der Waals surface area contributed by atoms with Crippen LogP contribution in [-0.2, 0) is 34.2 Å². The normalized spacial score (nSPS) is 15.8. The number of rotatable bonds is 7. The lowest BCUT2D eigenvalue weighted by Gasteiger charge is -2.18. The Morgan fingerprint density at radius 1 is 1.29 bits per heavy atom. The van der Waals surface area contributed by atoms with Crippen molar-refractivity contribution in [1.29, 1.82) is 0 Å². The third-order valence-corrected chi connectivity index (χ3v) is 9.11. The average molecular weight is 552 g/mol. The largest absolute Gasteiger partial charge is 0.462 e. The number of esters is 1. The van der Waals surface area contributed by atoms with E-state index in [1.54, 1.807) is 13.0 Å². The summed E-state index contributed by atoms with van der Waals surface area (Å²) in [6, 6.07) is 5.54. The van der Waals surface area contributed by atoms with Gasteiger partial charge in [-0.1, -0.05) is 29.9 Å². The van der Waals surface area contributed by atoms with E-state index in [4.69, 9.17) is 16.3 Å². The number of nitrogens with zero attached hydrogens (tertiary/aromatic N) is 2. The van der Waals surface area contributed by atoms with E-state index in [0.29, 0.717) is 26.3 Å². The van der Waals surface area contributed by atoms with Crippen molar-refractivity contribution in [2.75, 3.05) is 23.4 Å². The van der Waals surface area contributed by atoms with Crippen LogP contribution in [0, 0.1) is 5.92 Å². The summed E-state index contributed by atoms with van der Waals surface area (Å²) in [6.45, 7) is 4.24. The lowest BCUT2D eigenvalue weighted by Crippen LogP contribution is -2.18. The number of nitrogens with one attached hydrogen (secondary N) is 1. The molecular formula is C24H26ClN3O4S3. The molecule has 0 spiro atoms. The number of fused-ring (bicyclic) bond motifs is 2. The smallest absolute Gasteiger partial charge is 0.341 e. The minimum Gasteiger partial charge on any atom is -0.462 e. The lowest BCUT2D eigenvalue weighted by molar-refractivity contribution is -0.115. The van der Waals surface area contributed by atoms with Gasteiger partial charge in [-0.05, 0) is 55.9 Å². The first-order chi connectivity index (χ1) is 16.8. The van der Waals surface area contributed by atoms with Gasteiger partial charge in [-0.3, -0.25) is 9.59 Å². The molecule has 1 aliphatic rings. The molecule has 1 atom stereocenters. The fourth-order valence-corrected chi connectivity index (χ4v) is 7.33. The number of amides is 2. The predicted octanol–water partition coefficient (Wildman–Crippen LogP) is 5.06. The van der Waals surface area contributed by atoms with Gasteiger partial charge in [-0.25, -0.2) is 4.79 Å². The van der Waals surface area contributed by atoms with E-state index in [0.717, 1.165) is 39.9 Å². The summed E-state index contributed by atoms with van der Waals surface area (Å²) < 4.78 is 8.05. The number of anilines is 1. The number of carbonyl (C=O) groups is 3. The molecule has 1 unspecified atom stereocenters. The van der Waals surface area contributed by atoms with Crippen LogP contribution in [0.1, 0.15) is 41.1 Å². The van der Waals surface area contributed by atoms with Crippen LogP contribution < -0.4 is 10.1 Å². The number of aryl methyl sites for hydroxylation is 1. The van der Waals surface area contributed by atoms with Crippen molar-refractivity contribution in [2.45, 2.75) is 33.1 Å². The third-order valence-electron chi connectivity index (χ3n) is 5.69. The molecule has 3 aromatic rings. The fourth-order valence-electron chi connectivity index (χ4n) is 4.01. The molecule has 2 amide bonds. The van der Waals surface area contributed by atoms with Crippen LogP contribution in [0.3, 0.4) is 0 Å². The molecule has 0 fully saturated rings. The fraction of sp³-hybridized carbons (Fsp3) is 0.417. The Bertz CT molecular complexity index is 1360. The summed E-state index contributed by atoms with van der Waals surface area (Å²) in [4.78, 5) is 43.6. The zero-order chi connectivity index (χ0) is 25.1. The van der Waals surface area contributed by atoms with Crippen molar-refractivity contribution in [1.82, 2.24) is 4.57 Å². The molecule has 7 nitrogen and oxygen atoms in total. The number of ether oxygens (including phenoxy) is 1. The van der Waals surface area contributed by atoms with Gasteiger partial charge >= 0.3 is 5.97 Å². The first kappa shape index (κ1) is 25.9. The molecule has 0 aliphatic heterocycles. The predicted molar refractivity (Wildman–Crippen MR) is 144 cm³/mol. The molecule has 4 rings (SSSR count). The summed E-state index contributed by atoms with van der Waals surface area (Å²) in [5.41, 5.74) is 2.44. The highest BCUT2D eigenvalue weighted by Crippen LogP contribution is 2.40. The molecule has 11 heteroatoms. The second kappa shape index (κ2) is 11.3. The van der Waals surface area contributed by atoms with Crippen LogP contribution >= 0.6 is 46.0 Å². The molecule has 0 saturated heterocycles. The number of hydrogen-bond acceptors (Lipinski definition) is 7. The number of halogens is 1. The zero-order valence-corrected chi connectivity index (χ0v) is 22.9. The molecule has 35 heavy (non-hydrogen) atoms. The summed E-state index contributed by atoms with van der Waals surface area (Å²) >= 11 is 10.1. The van der Waals surface area contributed by atoms with Crippen molar-refractivity contribution >= 4 is 79.0 Å². The molecule has 0 radical (unpaired) electrons. The lowest BCUT2D eigenvalue weighted by atomic mass is 9.88. The number of benzene rings is 1. The van der Waals surface area contributed by atoms with Crippen molar-refractivity contribution in [3.63, 3.8) is 0 Å². The van der Waals surface area contributed by atoms with Gasteiger partial charge in [0.1, 0.15) is 5.00 Å². The second-order valence-electron chi connectivity index (χ2n) is 8.38. The number of aromatic nitrogens is 1. The minimum absolute atomic E-state index is 0.0750. The Labute approximate surface area is 220 Å². The molecule has 1 aliphatic carbocycles. The van der Waals surface area contributed by atoms with E-state index in [1.165, 1.54) is 34.4 Å². The first-order valence-electron chi connectivity index (χ1n) is 11.3.